The zero-order valence-corrected chi connectivity index (χ0v) is 12.8. The second-order valence-corrected chi connectivity index (χ2v) is 4.99. The molecule has 3 rings (SSSR count). The molecular weight excluding hydrogens is 324 g/mol. The van der Waals surface area contributed by atoms with Crippen LogP contribution < -0.4 is 11.1 Å². The van der Waals surface area contributed by atoms with Crippen LogP contribution in [0.4, 0.5) is 17.2 Å². The lowest BCUT2D eigenvalue weighted by atomic mass is 10.1. The lowest BCUT2D eigenvalue weighted by molar-refractivity contribution is -0.384. The Morgan fingerprint density at radius 3 is 2.76 bits per heavy atom. The molecule has 0 bridgehead atoms. The number of hydrogen-bond donors (Lipinski definition) is 2. The number of nitrogens with one attached hydrogen (secondary N) is 1. The first kappa shape index (κ1) is 16.0. The normalized spacial score (nSPS) is 10.2. The van der Waals surface area contributed by atoms with Crippen molar-refractivity contribution in [1.29, 1.82) is 0 Å². The summed E-state index contributed by atoms with van der Waals surface area (Å²) in [6.07, 6.45) is 4.41. The third kappa shape index (κ3) is 3.55. The van der Waals surface area contributed by atoms with Crippen molar-refractivity contribution in [1.82, 2.24) is 15.0 Å². The van der Waals surface area contributed by atoms with E-state index in [1.165, 1.54) is 30.6 Å². The molecular formula is C16H12N6O3. The highest BCUT2D eigenvalue weighted by Gasteiger charge is 2.16. The Bertz CT molecular complexity index is 946. The van der Waals surface area contributed by atoms with Gasteiger partial charge in [0.05, 0.1) is 28.7 Å². The number of carbonyl (C=O) groups excluding carboxylic acids is 1. The Morgan fingerprint density at radius 1 is 1.20 bits per heavy atom. The lowest BCUT2D eigenvalue weighted by Crippen LogP contribution is -2.17. The predicted octanol–water partition coefficient (Wildman–Crippen LogP) is 2.28. The highest BCUT2D eigenvalue weighted by Crippen LogP contribution is 2.23. The number of nitro groups is 1. The maximum Gasteiger partial charge on any atom is 0.278 e. The van der Waals surface area contributed by atoms with Crippen LogP contribution in [0.2, 0.25) is 0 Å². The number of benzene rings is 1. The Kier molecular flexibility index (Phi) is 4.29. The number of pyridine rings is 1. The van der Waals surface area contributed by atoms with E-state index in [1.54, 1.807) is 24.4 Å². The van der Waals surface area contributed by atoms with Crippen LogP contribution in [-0.4, -0.2) is 25.8 Å². The predicted molar refractivity (Wildman–Crippen MR) is 90.7 cm³/mol. The summed E-state index contributed by atoms with van der Waals surface area (Å²) < 4.78 is 0. The Labute approximate surface area is 141 Å². The molecule has 0 aliphatic heterocycles. The quantitative estimate of drug-likeness (QED) is 0.550. The van der Waals surface area contributed by atoms with E-state index in [2.05, 4.69) is 20.3 Å². The van der Waals surface area contributed by atoms with Crippen LogP contribution in [0.15, 0.2) is 55.0 Å². The van der Waals surface area contributed by atoms with Crippen molar-refractivity contribution in [2.45, 2.75) is 0 Å². The standard InChI is InChI=1S/C16H12N6O3/c17-15-14(16(23)20-11-4-2-6-18-8-11)21-13(9-19-15)10-3-1-5-12(7-10)22(24)25/h1-9H,(H2,17,19)(H,20,23). The van der Waals surface area contributed by atoms with Gasteiger partial charge < -0.3 is 11.1 Å². The van der Waals surface area contributed by atoms with Crippen molar-refractivity contribution in [3.63, 3.8) is 0 Å². The van der Waals surface area contributed by atoms with E-state index < -0.39 is 10.8 Å². The fraction of sp³-hybridized carbons (Fsp3) is 0. The third-order valence-corrected chi connectivity index (χ3v) is 3.29. The molecule has 0 fully saturated rings. The van der Waals surface area contributed by atoms with Gasteiger partial charge in [0.2, 0.25) is 0 Å². The number of hydrogen-bond acceptors (Lipinski definition) is 7. The first-order valence-electron chi connectivity index (χ1n) is 7.13. The molecule has 9 nitrogen and oxygen atoms in total. The van der Waals surface area contributed by atoms with Gasteiger partial charge in [-0.3, -0.25) is 19.9 Å². The summed E-state index contributed by atoms with van der Waals surface area (Å²) in [4.78, 5) is 34.8. The SMILES string of the molecule is Nc1ncc(-c2cccc([N+](=O)[O-])c2)nc1C(=O)Nc1cccnc1. The van der Waals surface area contributed by atoms with Crippen molar-refractivity contribution in [3.8, 4) is 11.3 Å². The number of nitrogens with two attached hydrogens (primary N) is 1. The van der Waals surface area contributed by atoms with Crippen LogP contribution in [0.3, 0.4) is 0 Å². The van der Waals surface area contributed by atoms with Gasteiger partial charge in [0.1, 0.15) is 0 Å². The number of amides is 1. The fourth-order valence-electron chi connectivity index (χ4n) is 2.11. The van der Waals surface area contributed by atoms with E-state index >= 15 is 0 Å². The molecule has 0 spiro atoms. The van der Waals surface area contributed by atoms with Crippen LogP contribution in [-0.2, 0) is 0 Å². The molecule has 0 saturated carbocycles. The van der Waals surface area contributed by atoms with Crippen molar-refractivity contribution >= 4 is 23.1 Å². The topological polar surface area (TPSA) is 137 Å². The molecule has 0 aliphatic carbocycles. The number of nitrogens with zero attached hydrogens (tertiary/aromatic N) is 4. The molecule has 2 aromatic heterocycles. The molecule has 1 amide bonds. The highest BCUT2D eigenvalue weighted by atomic mass is 16.6. The summed E-state index contributed by atoms with van der Waals surface area (Å²) >= 11 is 0. The van der Waals surface area contributed by atoms with Crippen molar-refractivity contribution in [2.75, 3.05) is 11.1 Å². The summed E-state index contributed by atoms with van der Waals surface area (Å²) in [5.41, 5.74) is 6.82. The smallest absolute Gasteiger partial charge is 0.278 e. The van der Waals surface area contributed by atoms with E-state index in [9.17, 15) is 14.9 Å². The number of carbonyl (C=O) groups is 1. The molecule has 0 aliphatic rings. The van der Waals surface area contributed by atoms with Gasteiger partial charge in [-0.05, 0) is 12.1 Å². The molecule has 9 heteroatoms. The highest BCUT2D eigenvalue weighted by molar-refractivity contribution is 6.05. The third-order valence-electron chi connectivity index (χ3n) is 3.29. The average Bonchev–Trinajstić information content (AvgIpc) is 2.63. The van der Waals surface area contributed by atoms with Gasteiger partial charge in [0, 0.05) is 23.9 Å². The molecule has 124 valence electrons. The van der Waals surface area contributed by atoms with Gasteiger partial charge in [-0.2, -0.15) is 0 Å². The minimum absolute atomic E-state index is 0.0458. The van der Waals surface area contributed by atoms with Gasteiger partial charge in [-0.1, -0.05) is 12.1 Å². The summed E-state index contributed by atoms with van der Waals surface area (Å²) in [5, 5.41) is 13.5. The van der Waals surface area contributed by atoms with Crippen molar-refractivity contribution in [2.24, 2.45) is 0 Å². The molecule has 25 heavy (non-hydrogen) atoms. The molecule has 0 saturated heterocycles. The van der Waals surface area contributed by atoms with E-state index in [1.807, 2.05) is 0 Å². The minimum atomic E-state index is -0.551. The molecule has 0 radical (unpaired) electrons. The van der Waals surface area contributed by atoms with E-state index in [-0.39, 0.29) is 17.2 Å². The second-order valence-electron chi connectivity index (χ2n) is 4.99. The summed E-state index contributed by atoms with van der Waals surface area (Å²) in [7, 11) is 0. The number of anilines is 2. The molecule has 3 N–H and O–H groups in total. The number of nitro benzene ring substituents is 1. The molecule has 1 aromatic carbocycles. The lowest BCUT2D eigenvalue weighted by Gasteiger charge is -2.08. The van der Waals surface area contributed by atoms with Gasteiger partial charge in [0.15, 0.2) is 11.5 Å². The number of aromatic nitrogens is 3. The fourth-order valence-corrected chi connectivity index (χ4v) is 2.11. The Balaban J connectivity index is 1.94. The second kappa shape index (κ2) is 6.71. The Hall–Kier alpha value is -3.88. The molecule has 2 heterocycles. The van der Waals surface area contributed by atoms with Gasteiger partial charge in [-0.25, -0.2) is 9.97 Å². The van der Waals surface area contributed by atoms with Gasteiger partial charge in [0.25, 0.3) is 11.6 Å². The summed E-state index contributed by atoms with van der Waals surface area (Å²) in [5.74, 6) is -0.596. The van der Waals surface area contributed by atoms with Crippen molar-refractivity contribution in [3.05, 3.63) is 70.8 Å². The number of non-ortho nitro benzene ring substituents is 1. The molecule has 0 atom stereocenters. The zero-order valence-electron chi connectivity index (χ0n) is 12.8. The van der Waals surface area contributed by atoms with Crippen LogP contribution in [0.5, 0.6) is 0 Å². The number of nitrogen functional groups attached to an aromatic ring is 1. The van der Waals surface area contributed by atoms with Crippen molar-refractivity contribution < 1.29 is 9.72 Å². The average molecular weight is 336 g/mol. The van der Waals surface area contributed by atoms with Crippen LogP contribution in [0.1, 0.15) is 10.5 Å². The summed E-state index contributed by atoms with van der Waals surface area (Å²) in [6, 6.07) is 9.22. The molecule has 3 aromatic rings. The minimum Gasteiger partial charge on any atom is -0.382 e. The number of rotatable bonds is 4. The first-order chi connectivity index (χ1) is 12.0. The molecule has 0 unspecified atom stereocenters. The van der Waals surface area contributed by atoms with Crippen LogP contribution in [0, 0.1) is 10.1 Å². The zero-order chi connectivity index (χ0) is 17.8. The largest absolute Gasteiger partial charge is 0.382 e. The van der Waals surface area contributed by atoms with E-state index in [4.69, 9.17) is 5.73 Å². The Morgan fingerprint density at radius 2 is 2.04 bits per heavy atom. The van der Waals surface area contributed by atoms with E-state index in [0.29, 0.717) is 16.9 Å². The van der Waals surface area contributed by atoms with Crippen LogP contribution >= 0.6 is 0 Å². The van der Waals surface area contributed by atoms with Gasteiger partial charge in [-0.15, -0.1) is 0 Å². The monoisotopic (exact) mass is 336 g/mol. The maximum atomic E-state index is 12.4. The van der Waals surface area contributed by atoms with E-state index in [0.717, 1.165) is 0 Å². The first-order valence-corrected chi connectivity index (χ1v) is 7.13. The van der Waals surface area contributed by atoms with Gasteiger partial charge >= 0.3 is 0 Å². The maximum absolute atomic E-state index is 12.4. The van der Waals surface area contributed by atoms with Crippen LogP contribution in [0.25, 0.3) is 11.3 Å². The summed E-state index contributed by atoms with van der Waals surface area (Å²) in [6.45, 7) is 0.